The zero-order valence-corrected chi connectivity index (χ0v) is 15.8. The van der Waals surface area contributed by atoms with Gasteiger partial charge in [0, 0.05) is 44.3 Å². The zero-order valence-electron chi connectivity index (χ0n) is 15.8. The van der Waals surface area contributed by atoms with Gasteiger partial charge in [-0.2, -0.15) is 0 Å². The number of nitrogens with zero attached hydrogens (tertiary/aromatic N) is 1. The van der Waals surface area contributed by atoms with E-state index in [1.54, 1.807) is 4.90 Å². The van der Waals surface area contributed by atoms with Crippen molar-refractivity contribution in [2.24, 2.45) is 5.73 Å². The maximum absolute atomic E-state index is 12.7. The van der Waals surface area contributed by atoms with Crippen molar-refractivity contribution in [3.63, 3.8) is 0 Å². The van der Waals surface area contributed by atoms with Crippen LogP contribution in [0, 0.1) is 0 Å². The van der Waals surface area contributed by atoms with Gasteiger partial charge in [0.25, 0.3) is 5.91 Å². The molecule has 1 aromatic carbocycles. The van der Waals surface area contributed by atoms with Crippen molar-refractivity contribution in [2.45, 2.75) is 57.0 Å². The molecule has 28 heavy (non-hydrogen) atoms. The molecule has 2 fully saturated rings. The SMILES string of the molecule is NC[C@@H]1C[C@@H](NCc2ccc3c(c2)CN(C2CCC(=O)NC2=O)C3=O)CCO1. The minimum atomic E-state index is -0.574. The molecule has 2 saturated heterocycles. The first-order valence-electron chi connectivity index (χ1n) is 9.86. The minimum Gasteiger partial charge on any atom is -0.377 e. The highest BCUT2D eigenvalue weighted by atomic mass is 16.5. The van der Waals surface area contributed by atoms with Gasteiger partial charge in [-0.05, 0) is 36.5 Å². The van der Waals surface area contributed by atoms with Crippen LogP contribution in [0.3, 0.4) is 0 Å². The number of rotatable bonds is 5. The van der Waals surface area contributed by atoms with Crippen LogP contribution in [0.4, 0.5) is 0 Å². The van der Waals surface area contributed by atoms with Crippen LogP contribution in [0.15, 0.2) is 18.2 Å². The van der Waals surface area contributed by atoms with Crippen molar-refractivity contribution in [3.8, 4) is 0 Å². The summed E-state index contributed by atoms with van der Waals surface area (Å²) in [5.74, 6) is -0.795. The molecule has 3 heterocycles. The fourth-order valence-electron chi connectivity index (χ4n) is 4.23. The summed E-state index contributed by atoms with van der Waals surface area (Å²) in [4.78, 5) is 37.8. The Morgan fingerprint density at radius 3 is 2.89 bits per heavy atom. The van der Waals surface area contributed by atoms with E-state index >= 15 is 0 Å². The van der Waals surface area contributed by atoms with E-state index in [1.807, 2.05) is 18.2 Å². The van der Waals surface area contributed by atoms with Gasteiger partial charge >= 0.3 is 0 Å². The molecule has 0 spiro atoms. The third-order valence-electron chi connectivity index (χ3n) is 5.81. The van der Waals surface area contributed by atoms with Crippen molar-refractivity contribution >= 4 is 17.7 Å². The van der Waals surface area contributed by atoms with Crippen molar-refractivity contribution in [3.05, 3.63) is 34.9 Å². The van der Waals surface area contributed by atoms with Gasteiger partial charge in [-0.3, -0.25) is 19.7 Å². The molecular weight excluding hydrogens is 360 g/mol. The minimum absolute atomic E-state index is 0.117. The quantitative estimate of drug-likeness (QED) is 0.616. The van der Waals surface area contributed by atoms with Crippen LogP contribution in [-0.4, -0.2) is 54.0 Å². The highest BCUT2D eigenvalue weighted by molar-refractivity contribution is 6.05. The lowest BCUT2D eigenvalue weighted by atomic mass is 10.0. The number of hydrogen-bond donors (Lipinski definition) is 3. The highest BCUT2D eigenvalue weighted by Crippen LogP contribution is 2.28. The number of fused-ring (bicyclic) bond motifs is 1. The Morgan fingerprint density at radius 1 is 1.25 bits per heavy atom. The summed E-state index contributed by atoms with van der Waals surface area (Å²) < 4.78 is 5.60. The Bertz CT molecular complexity index is 796. The van der Waals surface area contributed by atoms with E-state index in [-0.39, 0.29) is 30.2 Å². The second kappa shape index (κ2) is 7.98. The Kier molecular flexibility index (Phi) is 5.43. The molecule has 8 nitrogen and oxygen atoms in total. The number of carbonyl (C=O) groups excluding carboxylic acids is 3. The molecule has 3 amide bonds. The Morgan fingerprint density at radius 2 is 2.11 bits per heavy atom. The fraction of sp³-hybridized carbons (Fsp3) is 0.550. The van der Waals surface area contributed by atoms with Gasteiger partial charge in [-0.1, -0.05) is 12.1 Å². The lowest BCUT2D eigenvalue weighted by Crippen LogP contribution is -2.52. The first-order chi connectivity index (χ1) is 13.5. The Hall–Kier alpha value is -2.29. The van der Waals surface area contributed by atoms with Crippen molar-refractivity contribution in [1.29, 1.82) is 0 Å². The summed E-state index contributed by atoms with van der Waals surface area (Å²) in [7, 11) is 0. The van der Waals surface area contributed by atoms with Gasteiger partial charge in [0.1, 0.15) is 6.04 Å². The molecule has 3 aliphatic rings. The molecule has 1 unspecified atom stereocenters. The molecule has 3 atom stereocenters. The van der Waals surface area contributed by atoms with Gasteiger partial charge < -0.3 is 20.7 Å². The largest absolute Gasteiger partial charge is 0.377 e. The van der Waals surface area contributed by atoms with Crippen LogP contribution in [0.2, 0.25) is 0 Å². The Balaban J connectivity index is 1.39. The van der Waals surface area contributed by atoms with E-state index < -0.39 is 6.04 Å². The molecule has 0 saturated carbocycles. The van der Waals surface area contributed by atoms with Gasteiger partial charge in [-0.15, -0.1) is 0 Å². The molecule has 3 aliphatic heterocycles. The molecular formula is C20H26N4O4. The number of piperidine rings is 1. The van der Waals surface area contributed by atoms with Crippen LogP contribution in [0.1, 0.15) is 47.2 Å². The molecule has 0 aliphatic carbocycles. The van der Waals surface area contributed by atoms with Gasteiger partial charge in [0.2, 0.25) is 11.8 Å². The van der Waals surface area contributed by atoms with E-state index in [1.165, 1.54) is 0 Å². The number of nitrogens with two attached hydrogens (primary N) is 1. The van der Waals surface area contributed by atoms with E-state index in [0.717, 1.165) is 30.6 Å². The molecule has 0 radical (unpaired) electrons. The number of carbonyl (C=O) groups is 3. The monoisotopic (exact) mass is 386 g/mol. The highest BCUT2D eigenvalue weighted by Gasteiger charge is 2.39. The van der Waals surface area contributed by atoms with Crippen LogP contribution in [0.25, 0.3) is 0 Å². The number of hydrogen-bond acceptors (Lipinski definition) is 6. The molecule has 4 N–H and O–H groups in total. The smallest absolute Gasteiger partial charge is 0.255 e. The average Bonchev–Trinajstić information content (AvgIpc) is 3.02. The van der Waals surface area contributed by atoms with Crippen molar-refractivity contribution in [2.75, 3.05) is 13.2 Å². The third kappa shape index (κ3) is 3.80. The third-order valence-corrected chi connectivity index (χ3v) is 5.81. The summed E-state index contributed by atoms with van der Waals surface area (Å²) in [5.41, 5.74) is 8.38. The first-order valence-corrected chi connectivity index (χ1v) is 9.86. The first kappa shape index (κ1) is 19.0. The molecule has 8 heteroatoms. The van der Waals surface area contributed by atoms with Crippen LogP contribution < -0.4 is 16.4 Å². The topological polar surface area (TPSA) is 114 Å². The van der Waals surface area contributed by atoms with Crippen molar-refractivity contribution < 1.29 is 19.1 Å². The molecule has 0 bridgehead atoms. The maximum atomic E-state index is 12.7. The van der Waals surface area contributed by atoms with Gasteiger partial charge in [0.05, 0.1) is 6.10 Å². The van der Waals surface area contributed by atoms with Crippen LogP contribution in [0.5, 0.6) is 0 Å². The summed E-state index contributed by atoms with van der Waals surface area (Å²) in [5, 5.41) is 5.88. The van der Waals surface area contributed by atoms with E-state index in [9.17, 15) is 14.4 Å². The summed E-state index contributed by atoms with van der Waals surface area (Å²) in [6.45, 7) is 2.37. The number of ether oxygens (including phenoxy) is 1. The zero-order chi connectivity index (χ0) is 19.7. The summed E-state index contributed by atoms with van der Waals surface area (Å²) >= 11 is 0. The van der Waals surface area contributed by atoms with Crippen LogP contribution in [-0.2, 0) is 27.4 Å². The lowest BCUT2D eigenvalue weighted by molar-refractivity contribution is -0.136. The Labute approximate surface area is 163 Å². The average molecular weight is 386 g/mol. The van der Waals surface area contributed by atoms with E-state index in [2.05, 4.69) is 10.6 Å². The fourth-order valence-corrected chi connectivity index (χ4v) is 4.23. The van der Waals surface area contributed by atoms with Gasteiger partial charge in [0.15, 0.2) is 0 Å². The second-order valence-corrected chi connectivity index (χ2v) is 7.72. The van der Waals surface area contributed by atoms with Crippen molar-refractivity contribution in [1.82, 2.24) is 15.5 Å². The van der Waals surface area contributed by atoms with Gasteiger partial charge in [-0.25, -0.2) is 0 Å². The normalized spacial score (nSPS) is 27.7. The predicted octanol–water partition coefficient (Wildman–Crippen LogP) is 0.0435. The standard InChI is InChI=1S/C20H26N4O4/c21-9-15-8-14(5-6-28-15)22-10-12-1-2-16-13(7-12)11-24(20(16)27)17-3-4-18(25)23-19(17)26/h1-2,7,14-15,17,22H,3-6,8-11,21H2,(H,23,25,26)/t14-,15-,17?/m0/s1. The maximum Gasteiger partial charge on any atom is 0.255 e. The van der Waals surface area contributed by atoms with E-state index in [4.69, 9.17) is 10.5 Å². The van der Waals surface area contributed by atoms with Crippen LogP contribution >= 0.6 is 0 Å². The number of benzene rings is 1. The summed E-state index contributed by atoms with van der Waals surface area (Å²) in [6.07, 6.45) is 2.63. The molecule has 0 aromatic heterocycles. The lowest BCUT2D eigenvalue weighted by Gasteiger charge is -2.29. The second-order valence-electron chi connectivity index (χ2n) is 7.72. The number of imide groups is 1. The molecule has 4 rings (SSSR count). The molecule has 150 valence electrons. The number of nitrogens with one attached hydrogen (secondary N) is 2. The summed E-state index contributed by atoms with van der Waals surface area (Å²) in [6, 6.07) is 5.63. The molecule has 1 aromatic rings. The number of amides is 3. The predicted molar refractivity (Wildman–Crippen MR) is 101 cm³/mol. The van der Waals surface area contributed by atoms with E-state index in [0.29, 0.717) is 37.7 Å².